The molecule has 3 aromatic rings. The van der Waals surface area contributed by atoms with E-state index in [1.165, 1.54) is 23.3 Å². The summed E-state index contributed by atoms with van der Waals surface area (Å²) in [5.41, 5.74) is 6.20. The molecule has 34 heavy (non-hydrogen) atoms. The van der Waals surface area contributed by atoms with E-state index in [1.54, 1.807) is 24.3 Å². The molecule has 0 aromatic heterocycles. The highest BCUT2D eigenvalue weighted by Gasteiger charge is 2.34. The summed E-state index contributed by atoms with van der Waals surface area (Å²) in [6.45, 7) is 4.03. The van der Waals surface area contributed by atoms with Crippen LogP contribution < -0.4 is 10.6 Å². The first-order valence-corrected chi connectivity index (χ1v) is 11.7. The van der Waals surface area contributed by atoms with Gasteiger partial charge in [0.15, 0.2) is 5.11 Å². The molecule has 2 aliphatic rings. The van der Waals surface area contributed by atoms with E-state index in [0.29, 0.717) is 29.3 Å². The molecule has 3 aromatic carbocycles. The lowest BCUT2D eigenvalue weighted by Gasteiger charge is -2.40. The van der Waals surface area contributed by atoms with Crippen molar-refractivity contribution in [3.8, 4) is 0 Å². The third-order valence-corrected chi connectivity index (χ3v) is 6.49. The number of aryl methyl sites for hydroxylation is 1. The first-order chi connectivity index (χ1) is 16.5. The van der Waals surface area contributed by atoms with Gasteiger partial charge in [0.05, 0.1) is 6.04 Å². The zero-order valence-electron chi connectivity index (χ0n) is 18.8. The van der Waals surface area contributed by atoms with E-state index in [1.807, 2.05) is 18.2 Å². The SMILES string of the molecule is Cc1ccc(CN2CC3=C(NC(=S)NC3c3ccccc3F)/C(=C/c3ccccc3F)C2)cc1. The summed E-state index contributed by atoms with van der Waals surface area (Å²) < 4.78 is 29.4. The number of nitrogens with zero attached hydrogens (tertiary/aromatic N) is 1. The van der Waals surface area contributed by atoms with Crippen LogP contribution in [-0.2, 0) is 6.54 Å². The topological polar surface area (TPSA) is 27.3 Å². The highest BCUT2D eigenvalue weighted by atomic mass is 32.1. The number of benzene rings is 3. The molecule has 2 N–H and O–H groups in total. The van der Waals surface area contributed by atoms with Crippen LogP contribution in [0.3, 0.4) is 0 Å². The van der Waals surface area contributed by atoms with Crippen LogP contribution in [0, 0.1) is 18.6 Å². The molecule has 2 aliphatic heterocycles. The minimum absolute atomic E-state index is 0.282. The Bertz CT molecular complexity index is 1300. The van der Waals surface area contributed by atoms with Gasteiger partial charge in [-0.1, -0.05) is 66.2 Å². The van der Waals surface area contributed by atoms with E-state index >= 15 is 0 Å². The van der Waals surface area contributed by atoms with Crippen molar-refractivity contribution in [1.29, 1.82) is 0 Å². The Hall–Kier alpha value is -3.35. The monoisotopic (exact) mass is 473 g/mol. The molecular formula is C28H25F2N3S. The molecule has 6 heteroatoms. The molecule has 0 spiro atoms. The summed E-state index contributed by atoms with van der Waals surface area (Å²) in [7, 11) is 0. The minimum atomic E-state index is -0.408. The van der Waals surface area contributed by atoms with Crippen LogP contribution in [0.1, 0.15) is 28.3 Å². The van der Waals surface area contributed by atoms with E-state index in [2.05, 4.69) is 46.7 Å². The molecule has 0 saturated carbocycles. The molecule has 0 amide bonds. The lowest BCUT2D eigenvalue weighted by atomic mass is 9.88. The Morgan fingerprint density at radius 3 is 2.38 bits per heavy atom. The predicted molar refractivity (Wildman–Crippen MR) is 136 cm³/mol. The normalized spacial score (nSPS) is 19.6. The number of rotatable bonds is 4. The van der Waals surface area contributed by atoms with Gasteiger partial charge in [-0.05, 0) is 54.1 Å². The molecule has 0 fully saturated rings. The standard InChI is InChI=1S/C28H25F2N3S/c1-18-10-12-19(13-11-18)15-33-16-21(14-20-6-2-4-8-24(20)29)26-23(17-33)27(32-28(34)31-26)22-7-3-5-9-25(22)30/h2-14,27H,15-17H2,1H3,(H2,31,32,34)/b21-14+. The Kier molecular flexibility index (Phi) is 6.26. The summed E-state index contributed by atoms with van der Waals surface area (Å²) in [6, 6.07) is 21.5. The molecular weight excluding hydrogens is 448 g/mol. The summed E-state index contributed by atoms with van der Waals surface area (Å²) in [5.74, 6) is -0.568. The molecule has 0 bridgehead atoms. The zero-order chi connectivity index (χ0) is 23.7. The highest BCUT2D eigenvalue weighted by molar-refractivity contribution is 7.80. The number of nitrogens with one attached hydrogen (secondary N) is 2. The zero-order valence-corrected chi connectivity index (χ0v) is 19.6. The fraction of sp³-hybridized carbons (Fsp3) is 0.179. The summed E-state index contributed by atoms with van der Waals surface area (Å²) >= 11 is 5.49. The predicted octanol–water partition coefficient (Wildman–Crippen LogP) is 5.65. The summed E-state index contributed by atoms with van der Waals surface area (Å²) in [6.07, 6.45) is 1.87. The number of hydrogen-bond donors (Lipinski definition) is 2. The van der Waals surface area contributed by atoms with Crippen LogP contribution in [0.4, 0.5) is 8.78 Å². The summed E-state index contributed by atoms with van der Waals surface area (Å²) in [5, 5.41) is 6.96. The molecule has 0 saturated heterocycles. The Labute approximate surface area is 203 Å². The molecule has 1 atom stereocenters. The van der Waals surface area contributed by atoms with E-state index in [4.69, 9.17) is 12.2 Å². The van der Waals surface area contributed by atoms with Crippen molar-refractivity contribution in [3.05, 3.63) is 124 Å². The number of hydrogen-bond acceptors (Lipinski definition) is 2. The fourth-order valence-electron chi connectivity index (χ4n) is 4.60. The molecule has 3 nitrogen and oxygen atoms in total. The van der Waals surface area contributed by atoms with E-state index in [9.17, 15) is 8.78 Å². The van der Waals surface area contributed by atoms with E-state index in [0.717, 1.165) is 23.4 Å². The van der Waals surface area contributed by atoms with Crippen molar-refractivity contribution in [1.82, 2.24) is 15.5 Å². The molecule has 0 aliphatic carbocycles. The molecule has 0 radical (unpaired) electrons. The van der Waals surface area contributed by atoms with Crippen LogP contribution >= 0.6 is 12.2 Å². The molecule has 172 valence electrons. The molecule has 5 rings (SSSR count). The fourth-order valence-corrected chi connectivity index (χ4v) is 4.82. The second kappa shape index (κ2) is 9.49. The second-order valence-electron chi connectivity index (χ2n) is 8.78. The van der Waals surface area contributed by atoms with Gasteiger partial charge in [-0.3, -0.25) is 4.90 Å². The third-order valence-electron chi connectivity index (χ3n) is 6.27. The maximum Gasteiger partial charge on any atom is 0.171 e. The first kappa shape index (κ1) is 22.4. The summed E-state index contributed by atoms with van der Waals surface area (Å²) in [4.78, 5) is 2.29. The van der Waals surface area contributed by atoms with Gasteiger partial charge in [0.25, 0.3) is 0 Å². The van der Waals surface area contributed by atoms with Crippen molar-refractivity contribution in [2.24, 2.45) is 0 Å². The van der Waals surface area contributed by atoms with Crippen LogP contribution in [0.15, 0.2) is 89.6 Å². The van der Waals surface area contributed by atoms with Gasteiger partial charge >= 0.3 is 0 Å². The van der Waals surface area contributed by atoms with Crippen LogP contribution in [0.25, 0.3) is 6.08 Å². The van der Waals surface area contributed by atoms with Crippen LogP contribution in [-0.4, -0.2) is 23.1 Å². The van der Waals surface area contributed by atoms with Crippen LogP contribution in [0.2, 0.25) is 0 Å². The lowest BCUT2D eigenvalue weighted by Crippen LogP contribution is -2.50. The Morgan fingerprint density at radius 2 is 1.65 bits per heavy atom. The highest BCUT2D eigenvalue weighted by Crippen LogP contribution is 2.36. The van der Waals surface area contributed by atoms with Gasteiger partial charge in [0.2, 0.25) is 0 Å². The largest absolute Gasteiger partial charge is 0.352 e. The van der Waals surface area contributed by atoms with Crippen molar-refractivity contribution in [2.45, 2.75) is 19.5 Å². The van der Waals surface area contributed by atoms with Crippen molar-refractivity contribution < 1.29 is 8.78 Å². The number of halogens is 2. The molecule has 1 unspecified atom stereocenters. The second-order valence-corrected chi connectivity index (χ2v) is 9.18. The Morgan fingerprint density at radius 1 is 0.941 bits per heavy atom. The maximum atomic E-state index is 14.8. The number of thiocarbonyl (C=S) groups is 1. The lowest BCUT2D eigenvalue weighted by molar-refractivity contribution is 0.292. The van der Waals surface area contributed by atoms with Gasteiger partial charge in [-0.2, -0.15) is 0 Å². The smallest absolute Gasteiger partial charge is 0.171 e. The minimum Gasteiger partial charge on any atom is -0.352 e. The van der Waals surface area contributed by atoms with E-state index < -0.39 is 6.04 Å². The van der Waals surface area contributed by atoms with Crippen molar-refractivity contribution in [2.75, 3.05) is 13.1 Å². The van der Waals surface area contributed by atoms with Crippen LogP contribution in [0.5, 0.6) is 0 Å². The van der Waals surface area contributed by atoms with Gasteiger partial charge in [0.1, 0.15) is 11.6 Å². The average molecular weight is 474 g/mol. The average Bonchev–Trinajstić information content (AvgIpc) is 2.82. The van der Waals surface area contributed by atoms with Gasteiger partial charge in [-0.15, -0.1) is 0 Å². The Balaban J connectivity index is 1.59. The van der Waals surface area contributed by atoms with E-state index in [-0.39, 0.29) is 11.6 Å². The van der Waals surface area contributed by atoms with Crippen molar-refractivity contribution >= 4 is 23.4 Å². The molecule has 2 heterocycles. The maximum absolute atomic E-state index is 14.8. The first-order valence-electron chi connectivity index (χ1n) is 11.3. The third kappa shape index (κ3) is 4.65. The van der Waals surface area contributed by atoms with Crippen molar-refractivity contribution in [3.63, 3.8) is 0 Å². The quantitative estimate of drug-likeness (QED) is 0.479. The van der Waals surface area contributed by atoms with Gasteiger partial charge < -0.3 is 10.6 Å². The van der Waals surface area contributed by atoms with Gasteiger partial charge in [-0.25, -0.2) is 8.78 Å². The van der Waals surface area contributed by atoms with Gasteiger partial charge in [0, 0.05) is 36.5 Å².